The zero-order valence-electron chi connectivity index (χ0n) is 12.5. The molecule has 0 aromatic rings. The Morgan fingerprint density at radius 1 is 1.00 bits per heavy atom. The van der Waals surface area contributed by atoms with Crippen LogP contribution in [-0.4, -0.2) is 29.9 Å². The number of hydrogen-bond donors (Lipinski definition) is 1. The lowest BCUT2D eigenvalue weighted by molar-refractivity contribution is -0.139. The molecule has 5 fully saturated rings. The zero-order valence-corrected chi connectivity index (χ0v) is 12.5. The Morgan fingerprint density at radius 3 is 2.40 bits per heavy atom. The number of rotatable bonds is 2. The Hall–Kier alpha value is -0.570. The lowest BCUT2D eigenvalue weighted by Gasteiger charge is -2.39. The number of carbonyl (C=O) groups is 1. The van der Waals surface area contributed by atoms with Crippen molar-refractivity contribution < 1.29 is 4.79 Å². The predicted molar refractivity (Wildman–Crippen MR) is 78.9 cm³/mol. The summed E-state index contributed by atoms with van der Waals surface area (Å²) in [6.07, 6.45) is 10.3. The highest BCUT2D eigenvalue weighted by molar-refractivity contribution is 5.80. The van der Waals surface area contributed by atoms with E-state index in [0.717, 1.165) is 30.7 Å². The first-order valence-electron chi connectivity index (χ1n) is 8.75. The van der Waals surface area contributed by atoms with Gasteiger partial charge in [-0.15, -0.1) is 0 Å². The molecular weight excluding hydrogens is 248 g/mol. The van der Waals surface area contributed by atoms with Crippen molar-refractivity contribution in [3.05, 3.63) is 0 Å². The fourth-order valence-corrected chi connectivity index (χ4v) is 5.91. The van der Waals surface area contributed by atoms with Crippen molar-refractivity contribution in [3.8, 4) is 0 Å². The summed E-state index contributed by atoms with van der Waals surface area (Å²) in [5, 5.41) is 0. The number of amides is 1. The summed E-state index contributed by atoms with van der Waals surface area (Å²) < 4.78 is 0. The van der Waals surface area contributed by atoms with E-state index in [-0.39, 0.29) is 5.92 Å². The van der Waals surface area contributed by atoms with Crippen molar-refractivity contribution in [3.63, 3.8) is 0 Å². The molecule has 3 saturated carbocycles. The number of fused-ring (bicyclic) bond motifs is 1. The van der Waals surface area contributed by atoms with Crippen molar-refractivity contribution >= 4 is 5.91 Å². The van der Waals surface area contributed by atoms with Crippen LogP contribution >= 0.6 is 0 Å². The van der Waals surface area contributed by atoms with Crippen LogP contribution in [0.15, 0.2) is 0 Å². The van der Waals surface area contributed by atoms with E-state index in [2.05, 4.69) is 4.90 Å². The largest absolute Gasteiger partial charge is 0.339 e. The Bertz CT molecular complexity index is 382. The van der Waals surface area contributed by atoms with Crippen LogP contribution < -0.4 is 5.73 Å². The quantitative estimate of drug-likeness (QED) is 0.842. The van der Waals surface area contributed by atoms with Crippen LogP contribution in [-0.2, 0) is 4.79 Å². The van der Waals surface area contributed by atoms with Crippen molar-refractivity contribution in [2.45, 2.75) is 57.4 Å². The van der Waals surface area contributed by atoms with E-state index in [1.54, 1.807) is 0 Å². The molecule has 4 atom stereocenters. The van der Waals surface area contributed by atoms with Crippen molar-refractivity contribution in [1.29, 1.82) is 0 Å². The van der Waals surface area contributed by atoms with Gasteiger partial charge >= 0.3 is 0 Å². The molecule has 0 aromatic carbocycles. The Balaban J connectivity index is 1.54. The molecule has 0 aromatic heterocycles. The van der Waals surface area contributed by atoms with Gasteiger partial charge in [0.15, 0.2) is 0 Å². The van der Waals surface area contributed by atoms with E-state index in [1.165, 1.54) is 44.9 Å². The molecule has 2 saturated heterocycles. The van der Waals surface area contributed by atoms with Gasteiger partial charge in [0.2, 0.25) is 5.91 Å². The first-order chi connectivity index (χ1) is 9.74. The van der Waals surface area contributed by atoms with Gasteiger partial charge in [-0.3, -0.25) is 4.79 Å². The molecule has 2 heterocycles. The maximum Gasteiger partial charge on any atom is 0.226 e. The summed E-state index contributed by atoms with van der Waals surface area (Å²) in [7, 11) is 0. The van der Waals surface area contributed by atoms with Gasteiger partial charge in [-0.25, -0.2) is 0 Å². The number of nitrogens with zero attached hydrogens (tertiary/aromatic N) is 1. The standard InChI is InChI=1S/C17H28N2O/c18-9-14-2-1-3-16(14)17(20)19-10-13-5-11-4-12(6-13)8-15(19)7-11/h11-16H,1-10,18H2/t11?,12?,13?,14-,15?,16-/m1/s1. The molecule has 3 nitrogen and oxygen atoms in total. The fraction of sp³-hybridized carbons (Fsp3) is 0.941. The maximum atomic E-state index is 13.1. The van der Waals surface area contributed by atoms with E-state index in [1.807, 2.05) is 0 Å². The molecule has 3 aliphatic carbocycles. The van der Waals surface area contributed by atoms with Gasteiger partial charge in [0.25, 0.3) is 0 Å². The third kappa shape index (κ3) is 2.09. The third-order valence-corrected chi connectivity index (χ3v) is 6.67. The third-order valence-electron chi connectivity index (χ3n) is 6.67. The second-order valence-corrected chi connectivity index (χ2v) is 7.95. The molecule has 2 N–H and O–H groups in total. The van der Waals surface area contributed by atoms with Gasteiger partial charge in [0, 0.05) is 18.5 Å². The average Bonchev–Trinajstić information content (AvgIpc) is 2.82. The summed E-state index contributed by atoms with van der Waals surface area (Å²) in [5.74, 6) is 3.81. The van der Waals surface area contributed by atoms with Gasteiger partial charge in [-0.05, 0) is 75.2 Å². The molecule has 5 rings (SSSR count). The molecule has 4 bridgehead atoms. The Morgan fingerprint density at radius 2 is 1.70 bits per heavy atom. The molecule has 2 aliphatic heterocycles. The minimum absolute atomic E-state index is 0.246. The number of carbonyl (C=O) groups excluding carboxylic acids is 1. The fourth-order valence-electron chi connectivity index (χ4n) is 5.91. The van der Waals surface area contributed by atoms with Crippen LogP contribution in [0.25, 0.3) is 0 Å². The maximum absolute atomic E-state index is 13.1. The van der Waals surface area contributed by atoms with Crippen LogP contribution in [0.5, 0.6) is 0 Å². The monoisotopic (exact) mass is 276 g/mol. The van der Waals surface area contributed by atoms with E-state index < -0.39 is 0 Å². The molecule has 112 valence electrons. The van der Waals surface area contributed by atoms with E-state index in [9.17, 15) is 4.79 Å². The summed E-state index contributed by atoms with van der Waals surface area (Å²) in [5.41, 5.74) is 5.89. The van der Waals surface area contributed by atoms with Crippen LogP contribution in [0.1, 0.15) is 51.4 Å². The number of hydrogen-bond acceptors (Lipinski definition) is 2. The van der Waals surface area contributed by atoms with Gasteiger partial charge in [-0.2, -0.15) is 0 Å². The molecule has 5 aliphatic rings. The van der Waals surface area contributed by atoms with Crippen molar-refractivity contribution in [1.82, 2.24) is 4.90 Å². The second kappa shape index (κ2) is 5.01. The van der Waals surface area contributed by atoms with Gasteiger partial charge in [-0.1, -0.05) is 6.42 Å². The average molecular weight is 276 g/mol. The SMILES string of the molecule is NC[C@H]1CCC[C@H]1C(=O)N1CC2CC3CC(C2)CC1C3. The highest BCUT2D eigenvalue weighted by atomic mass is 16.2. The lowest BCUT2D eigenvalue weighted by Crippen LogP contribution is -2.46. The van der Waals surface area contributed by atoms with Crippen LogP contribution in [0.4, 0.5) is 0 Å². The molecule has 20 heavy (non-hydrogen) atoms. The van der Waals surface area contributed by atoms with Gasteiger partial charge < -0.3 is 10.6 Å². The normalized spacial score (nSPS) is 46.8. The Kier molecular flexibility index (Phi) is 3.29. The molecule has 1 amide bonds. The molecule has 0 spiro atoms. The number of nitrogens with two attached hydrogens (primary N) is 1. The highest BCUT2D eigenvalue weighted by Gasteiger charge is 2.46. The highest BCUT2D eigenvalue weighted by Crippen LogP contribution is 2.48. The van der Waals surface area contributed by atoms with Crippen molar-refractivity contribution in [2.75, 3.05) is 13.1 Å². The molecule has 3 heteroatoms. The molecular formula is C17H28N2O. The molecule has 2 unspecified atom stereocenters. The second-order valence-electron chi connectivity index (χ2n) is 7.95. The van der Waals surface area contributed by atoms with Gasteiger partial charge in [0.1, 0.15) is 0 Å². The van der Waals surface area contributed by atoms with E-state index >= 15 is 0 Å². The summed E-state index contributed by atoms with van der Waals surface area (Å²) in [4.78, 5) is 15.4. The van der Waals surface area contributed by atoms with Crippen LogP contribution in [0, 0.1) is 29.6 Å². The lowest BCUT2D eigenvalue weighted by atomic mass is 9.68. The van der Waals surface area contributed by atoms with E-state index in [0.29, 0.717) is 24.4 Å². The van der Waals surface area contributed by atoms with Crippen molar-refractivity contribution in [2.24, 2.45) is 35.3 Å². The first-order valence-corrected chi connectivity index (χ1v) is 8.75. The minimum Gasteiger partial charge on any atom is -0.339 e. The summed E-state index contributed by atoms with van der Waals surface area (Å²) in [6.45, 7) is 1.76. The first kappa shape index (κ1) is 13.1. The summed E-state index contributed by atoms with van der Waals surface area (Å²) >= 11 is 0. The predicted octanol–water partition coefficient (Wildman–Crippen LogP) is 2.40. The smallest absolute Gasteiger partial charge is 0.226 e. The minimum atomic E-state index is 0.246. The van der Waals surface area contributed by atoms with E-state index in [4.69, 9.17) is 5.73 Å². The van der Waals surface area contributed by atoms with Crippen LogP contribution in [0.3, 0.4) is 0 Å². The summed E-state index contributed by atoms with van der Waals surface area (Å²) in [6, 6.07) is 0.567. The van der Waals surface area contributed by atoms with Crippen LogP contribution in [0.2, 0.25) is 0 Å². The van der Waals surface area contributed by atoms with Gasteiger partial charge in [0.05, 0.1) is 0 Å². The Labute approximate surface area is 122 Å². The molecule has 0 radical (unpaired) electrons. The topological polar surface area (TPSA) is 46.3 Å². The zero-order chi connectivity index (χ0) is 13.7.